The van der Waals surface area contributed by atoms with Crippen LogP contribution in [0.2, 0.25) is 5.02 Å². The van der Waals surface area contributed by atoms with E-state index >= 15 is 0 Å². The Balaban J connectivity index is 2.20. The van der Waals surface area contributed by atoms with Gasteiger partial charge in [-0.1, -0.05) is 11.6 Å². The number of fused-ring (bicyclic) bond motifs is 1. The number of aliphatic carboxylic acids is 1. The molecule has 0 saturated heterocycles. The molecule has 0 aromatic heterocycles. The van der Waals surface area contributed by atoms with Gasteiger partial charge >= 0.3 is 5.97 Å². The summed E-state index contributed by atoms with van der Waals surface area (Å²) in [5.41, 5.74) is 4.55. The van der Waals surface area contributed by atoms with Crippen LogP contribution >= 0.6 is 11.6 Å². The summed E-state index contributed by atoms with van der Waals surface area (Å²) in [7, 11) is 1.64. The summed E-state index contributed by atoms with van der Waals surface area (Å²) in [4.78, 5) is 11.2. The number of carbonyl (C=O) groups is 1. The van der Waals surface area contributed by atoms with E-state index in [1.807, 2.05) is 0 Å². The third-order valence-corrected chi connectivity index (χ3v) is 5.46. The van der Waals surface area contributed by atoms with E-state index in [9.17, 15) is 9.90 Å². The molecule has 0 amide bonds. The highest BCUT2D eigenvalue weighted by Crippen LogP contribution is 2.57. The summed E-state index contributed by atoms with van der Waals surface area (Å²) in [6.45, 7) is 2.11. The SMILES string of the molecule is COc1c(Cl)c2c(c(C)c1C1(CC(=O)O)CC1)CCCC2. The number of rotatable bonds is 4. The summed E-state index contributed by atoms with van der Waals surface area (Å²) in [6.07, 6.45) is 6.37. The summed E-state index contributed by atoms with van der Waals surface area (Å²) >= 11 is 6.60. The quantitative estimate of drug-likeness (QED) is 0.913. The minimum absolute atomic E-state index is 0.166. The molecule has 0 heterocycles. The van der Waals surface area contributed by atoms with Crippen molar-refractivity contribution in [3.8, 4) is 5.75 Å². The van der Waals surface area contributed by atoms with Crippen molar-refractivity contribution in [2.45, 2.75) is 57.3 Å². The van der Waals surface area contributed by atoms with Crippen molar-refractivity contribution in [3.63, 3.8) is 0 Å². The molecule has 2 aliphatic rings. The normalized spacial score (nSPS) is 19.0. The predicted octanol–water partition coefficient (Wildman–Crippen LogP) is 4.04. The van der Waals surface area contributed by atoms with Crippen LogP contribution in [0.25, 0.3) is 0 Å². The topological polar surface area (TPSA) is 46.5 Å². The zero-order chi connectivity index (χ0) is 15.2. The lowest BCUT2D eigenvalue weighted by atomic mass is 9.80. The molecule has 4 heteroatoms. The molecule has 0 radical (unpaired) electrons. The highest BCUT2D eigenvalue weighted by Gasteiger charge is 2.49. The molecule has 0 aliphatic heterocycles. The molecule has 1 saturated carbocycles. The number of benzene rings is 1. The molecule has 1 fully saturated rings. The van der Waals surface area contributed by atoms with Crippen LogP contribution in [0.3, 0.4) is 0 Å². The van der Waals surface area contributed by atoms with E-state index in [1.54, 1.807) is 7.11 Å². The zero-order valence-electron chi connectivity index (χ0n) is 12.6. The van der Waals surface area contributed by atoms with Crippen molar-refractivity contribution in [3.05, 3.63) is 27.3 Å². The molecule has 0 unspecified atom stereocenters. The van der Waals surface area contributed by atoms with Crippen molar-refractivity contribution < 1.29 is 14.6 Å². The molecule has 1 aromatic carbocycles. The first-order valence-electron chi connectivity index (χ1n) is 7.60. The first-order chi connectivity index (χ1) is 10.00. The van der Waals surface area contributed by atoms with Gasteiger partial charge in [0.2, 0.25) is 0 Å². The lowest BCUT2D eigenvalue weighted by Crippen LogP contribution is -2.19. The molecule has 3 rings (SSSR count). The standard InChI is InChI=1S/C17H21ClO3/c1-10-11-5-3-4-6-12(11)15(18)16(21-2)14(10)17(7-8-17)9-13(19)20/h3-9H2,1-2H3,(H,19,20). The Hall–Kier alpha value is -1.22. The molecule has 21 heavy (non-hydrogen) atoms. The summed E-state index contributed by atoms with van der Waals surface area (Å²) in [5, 5.41) is 9.95. The Bertz CT molecular complexity index is 603. The molecule has 0 bridgehead atoms. The van der Waals surface area contributed by atoms with Crippen molar-refractivity contribution in [2.75, 3.05) is 7.11 Å². The molecule has 0 spiro atoms. The van der Waals surface area contributed by atoms with Gasteiger partial charge in [0.15, 0.2) is 0 Å². The van der Waals surface area contributed by atoms with Crippen LogP contribution in [0.5, 0.6) is 5.75 Å². The maximum Gasteiger partial charge on any atom is 0.304 e. The Morgan fingerprint density at radius 1 is 1.29 bits per heavy atom. The van der Waals surface area contributed by atoms with Crippen molar-refractivity contribution in [2.24, 2.45) is 0 Å². The van der Waals surface area contributed by atoms with Gasteiger partial charge in [-0.05, 0) is 62.1 Å². The fourth-order valence-corrected chi connectivity index (χ4v) is 4.30. The molecular weight excluding hydrogens is 288 g/mol. The van der Waals surface area contributed by atoms with Crippen LogP contribution < -0.4 is 4.74 Å². The average Bonchev–Trinajstić information content (AvgIpc) is 3.22. The average molecular weight is 309 g/mol. The lowest BCUT2D eigenvalue weighted by molar-refractivity contribution is -0.137. The van der Waals surface area contributed by atoms with E-state index in [0.717, 1.165) is 37.7 Å². The van der Waals surface area contributed by atoms with Gasteiger partial charge in [0.25, 0.3) is 0 Å². The molecule has 1 N–H and O–H groups in total. The van der Waals surface area contributed by atoms with Gasteiger partial charge in [-0.3, -0.25) is 4.79 Å². The number of halogens is 1. The Morgan fingerprint density at radius 3 is 2.43 bits per heavy atom. The zero-order valence-corrected chi connectivity index (χ0v) is 13.3. The third kappa shape index (κ3) is 2.32. The predicted molar refractivity (Wildman–Crippen MR) is 82.5 cm³/mol. The monoisotopic (exact) mass is 308 g/mol. The fourth-order valence-electron chi connectivity index (χ4n) is 3.92. The minimum Gasteiger partial charge on any atom is -0.495 e. The molecule has 114 valence electrons. The van der Waals surface area contributed by atoms with E-state index < -0.39 is 5.97 Å². The molecular formula is C17H21ClO3. The maximum atomic E-state index is 11.2. The van der Waals surface area contributed by atoms with Gasteiger partial charge in [-0.15, -0.1) is 0 Å². The van der Waals surface area contributed by atoms with Gasteiger partial charge in [0, 0.05) is 11.0 Å². The van der Waals surface area contributed by atoms with E-state index in [2.05, 4.69) is 6.92 Å². The number of carboxylic acids is 1. The second-order valence-electron chi connectivity index (χ2n) is 6.36. The van der Waals surface area contributed by atoms with Crippen LogP contribution in [0, 0.1) is 6.92 Å². The summed E-state index contributed by atoms with van der Waals surface area (Å²) in [6, 6.07) is 0. The highest BCUT2D eigenvalue weighted by atomic mass is 35.5. The largest absolute Gasteiger partial charge is 0.495 e. The van der Waals surface area contributed by atoms with Crippen molar-refractivity contribution >= 4 is 17.6 Å². The van der Waals surface area contributed by atoms with Crippen LogP contribution in [0.15, 0.2) is 0 Å². The minimum atomic E-state index is -0.747. The van der Waals surface area contributed by atoms with Gasteiger partial charge in [0.05, 0.1) is 18.6 Å². The van der Waals surface area contributed by atoms with Gasteiger partial charge in [0.1, 0.15) is 5.75 Å². The number of carboxylic acid groups (broad SMARTS) is 1. The van der Waals surface area contributed by atoms with Crippen LogP contribution in [-0.2, 0) is 23.1 Å². The van der Waals surface area contributed by atoms with Crippen molar-refractivity contribution in [1.29, 1.82) is 0 Å². The maximum absolute atomic E-state index is 11.2. The summed E-state index contributed by atoms with van der Waals surface area (Å²) < 4.78 is 5.61. The second kappa shape index (κ2) is 5.20. The Labute approximate surface area is 130 Å². The second-order valence-corrected chi connectivity index (χ2v) is 6.74. The van der Waals surface area contributed by atoms with Gasteiger partial charge in [-0.25, -0.2) is 0 Å². The van der Waals surface area contributed by atoms with E-state index in [1.165, 1.54) is 23.1 Å². The van der Waals surface area contributed by atoms with Crippen LogP contribution in [0.1, 0.15) is 54.4 Å². The van der Waals surface area contributed by atoms with Crippen LogP contribution in [0.4, 0.5) is 0 Å². The van der Waals surface area contributed by atoms with Crippen LogP contribution in [-0.4, -0.2) is 18.2 Å². The van der Waals surface area contributed by atoms with E-state index in [-0.39, 0.29) is 11.8 Å². The lowest BCUT2D eigenvalue weighted by Gasteiger charge is -2.28. The fraction of sp³-hybridized carbons (Fsp3) is 0.588. The smallest absolute Gasteiger partial charge is 0.304 e. The number of hydrogen-bond acceptors (Lipinski definition) is 2. The van der Waals surface area contributed by atoms with Gasteiger partial charge < -0.3 is 9.84 Å². The number of ether oxygens (including phenoxy) is 1. The molecule has 0 atom stereocenters. The highest BCUT2D eigenvalue weighted by molar-refractivity contribution is 6.33. The Morgan fingerprint density at radius 2 is 1.90 bits per heavy atom. The molecule has 3 nitrogen and oxygen atoms in total. The molecule has 1 aromatic rings. The van der Waals surface area contributed by atoms with Gasteiger partial charge in [-0.2, -0.15) is 0 Å². The number of methoxy groups -OCH3 is 1. The first-order valence-corrected chi connectivity index (χ1v) is 7.98. The number of hydrogen-bond donors (Lipinski definition) is 1. The van der Waals surface area contributed by atoms with E-state index in [4.69, 9.17) is 16.3 Å². The van der Waals surface area contributed by atoms with E-state index in [0.29, 0.717) is 10.8 Å². The Kier molecular flexibility index (Phi) is 3.64. The third-order valence-electron chi connectivity index (χ3n) is 5.06. The summed E-state index contributed by atoms with van der Waals surface area (Å²) in [5.74, 6) is -0.0311. The first kappa shape index (κ1) is 14.7. The van der Waals surface area contributed by atoms with Crippen molar-refractivity contribution in [1.82, 2.24) is 0 Å². The molecule has 2 aliphatic carbocycles.